The van der Waals surface area contributed by atoms with E-state index in [2.05, 4.69) is 34.3 Å². The quantitative estimate of drug-likeness (QED) is 0.866. The summed E-state index contributed by atoms with van der Waals surface area (Å²) in [5.41, 5.74) is 1.59. The molecule has 0 radical (unpaired) electrons. The second kappa shape index (κ2) is 5.56. The Labute approximate surface area is 117 Å². The summed E-state index contributed by atoms with van der Waals surface area (Å²) in [7, 11) is 0. The van der Waals surface area contributed by atoms with Crippen LogP contribution in [-0.4, -0.2) is 16.6 Å². The fourth-order valence-corrected chi connectivity index (χ4v) is 2.47. The summed E-state index contributed by atoms with van der Waals surface area (Å²) < 4.78 is 0. The fraction of sp³-hybridized carbons (Fsp3) is 0.333. The monoisotopic (exact) mass is 271 g/mol. The molecule has 0 bridgehead atoms. The number of nitrogens with zero attached hydrogens (tertiary/aromatic N) is 2. The topological polar surface area (TPSA) is 56.3 Å². The predicted octanol–water partition coefficient (Wildman–Crippen LogP) is 2.66. The van der Waals surface area contributed by atoms with Crippen LogP contribution in [0.2, 0.25) is 0 Å². The summed E-state index contributed by atoms with van der Waals surface area (Å²) >= 11 is 0. The van der Waals surface area contributed by atoms with Crippen LogP contribution in [-0.2, 0) is 21.9 Å². The predicted molar refractivity (Wildman–Crippen MR) is 74.8 cm³/mol. The molecule has 1 unspecified atom stereocenters. The van der Waals surface area contributed by atoms with E-state index < -0.39 is 5.72 Å². The molecule has 5 heteroatoms. The molecular formula is C15H17N3O2. The van der Waals surface area contributed by atoms with Gasteiger partial charge in [-0.15, -0.1) is 0 Å². The van der Waals surface area contributed by atoms with Crippen LogP contribution >= 0.6 is 0 Å². The summed E-state index contributed by atoms with van der Waals surface area (Å²) in [6.45, 7) is 2.67. The molecule has 20 heavy (non-hydrogen) atoms. The van der Waals surface area contributed by atoms with Crippen molar-refractivity contribution in [3.05, 3.63) is 53.9 Å². The first-order valence-corrected chi connectivity index (χ1v) is 6.78. The van der Waals surface area contributed by atoms with E-state index in [1.807, 2.05) is 12.1 Å². The highest BCUT2D eigenvalue weighted by molar-refractivity contribution is 5.39. The van der Waals surface area contributed by atoms with Gasteiger partial charge in [0.1, 0.15) is 0 Å². The Balaban J connectivity index is 1.99. The van der Waals surface area contributed by atoms with Crippen molar-refractivity contribution >= 4 is 5.95 Å². The second-order valence-corrected chi connectivity index (χ2v) is 4.69. The maximum Gasteiger partial charge on any atom is 0.225 e. The van der Waals surface area contributed by atoms with Crippen LogP contribution in [0.5, 0.6) is 0 Å². The van der Waals surface area contributed by atoms with Crippen molar-refractivity contribution in [1.29, 1.82) is 0 Å². The van der Waals surface area contributed by atoms with E-state index in [9.17, 15) is 0 Å². The van der Waals surface area contributed by atoms with Gasteiger partial charge >= 0.3 is 0 Å². The fourth-order valence-electron chi connectivity index (χ4n) is 2.47. The first-order valence-electron chi connectivity index (χ1n) is 6.78. The molecule has 3 rings (SSSR count). The number of benzene rings is 1. The summed E-state index contributed by atoms with van der Waals surface area (Å²) in [5.74, 6) is 0.531. The van der Waals surface area contributed by atoms with Gasteiger partial charge in [0, 0.05) is 24.4 Å². The minimum absolute atomic E-state index is 0.531. The third-order valence-electron chi connectivity index (χ3n) is 3.45. The van der Waals surface area contributed by atoms with Crippen molar-refractivity contribution in [3.63, 3.8) is 0 Å². The molecule has 0 saturated carbocycles. The Hall–Kier alpha value is -1.98. The summed E-state index contributed by atoms with van der Waals surface area (Å²) in [6, 6.07) is 9.98. The summed E-state index contributed by atoms with van der Waals surface area (Å²) in [6.07, 6.45) is 5.04. The lowest BCUT2D eigenvalue weighted by atomic mass is 9.93. The van der Waals surface area contributed by atoms with Crippen LogP contribution in [0, 0.1) is 0 Å². The van der Waals surface area contributed by atoms with Crippen LogP contribution < -0.4 is 5.32 Å². The molecule has 1 saturated heterocycles. The number of rotatable bonds is 4. The van der Waals surface area contributed by atoms with Crippen LogP contribution in [0.4, 0.5) is 5.95 Å². The Kier molecular flexibility index (Phi) is 3.62. The van der Waals surface area contributed by atoms with E-state index in [-0.39, 0.29) is 0 Å². The molecule has 2 heterocycles. The largest absolute Gasteiger partial charge is 0.320 e. The van der Waals surface area contributed by atoms with Crippen LogP contribution in [0.25, 0.3) is 0 Å². The molecule has 2 aromatic rings. The SMILES string of the molecule is CCc1ccccc1C1(Nc2ncccn2)CCOO1. The van der Waals surface area contributed by atoms with Crippen molar-refractivity contribution in [2.45, 2.75) is 25.5 Å². The van der Waals surface area contributed by atoms with Gasteiger partial charge in [-0.25, -0.2) is 19.7 Å². The van der Waals surface area contributed by atoms with Crippen molar-refractivity contribution in [2.24, 2.45) is 0 Å². The standard InChI is InChI=1S/C15H17N3O2/c1-2-12-6-3-4-7-13(12)15(8-11-19-20-15)18-14-16-9-5-10-17-14/h3-7,9-10H,2,8,11H2,1H3,(H,16,17,18). The summed E-state index contributed by atoms with van der Waals surface area (Å²) in [5, 5.41) is 3.28. The Morgan fingerprint density at radius 3 is 2.70 bits per heavy atom. The third-order valence-corrected chi connectivity index (χ3v) is 3.45. The molecule has 1 atom stereocenters. The van der Waals surface area contributed by atoms with E-state index in [0.717, 1.165) is 12.0 Å². The third kappa shape index (κ3) is 2.37. The number of aromatic nitrogens is 2. The zero-order chi connectivity index (χ0) is 13.8. The van der Waals surface area contributed by atoms with Gasteiger partial charge in [0.2, 0.25) is 11.7 Å². The van der Waals surface area contributed by atoms with Crippen molar-refractivity contribution in [3.8, 4) is 0 Å². The smallest absolute Gasteiger partial charge is 0.225 e. The van der Waals surface area contributed by atoms with Gasteiger partial charge in [0.25, 0.3) is 0 Å². The average Bonchev–Trinajstić information content (AvgIpc) is 2.98. The first kappa shape index (κ1) is 13.0. The molecule has 104 valence electrons. The van der Waals surface area contributed by atoms with E-state index in [1.165, 1.54) is 5.56 Å². The molecule has 1 aromatic heterocycles. The van der Waals surface area contributed by atoms with Crippen molar-refractivity contribution in [1.82, 2.24) is 9.97 Å². The van der Waals surface area contributed by atoms with Gasteiger partial charge in [-0.05, 0) is 18.1 Å². The molecule has 0 amide bonds. The maximum atomic E-state index is 5.58. The molecule has 1 aliphatic rings. The molecule has 1 aliphatic heterocycles. The van der Waals surface area contributed by atoms with Crippen LogP contribution in [0.15, 0.2) is 42.7 Å². The van der Waals surface area contributed by atoms with Gasteiger partial charge in [0.15, 0.2) is 0 Å². The Morgan fingerprint density at radius 2 is 2.00 bits per heavy atom. The van der Waals surface area contributed by atoms with Gasteiger partial charge in [0.05, 0.1) is 6.61 Å². The number of anilines is 1. The molecule has 5 nitrogen and oxygen atoms in total. The maximum absolute atomic E-state index is 5.58. The van der Waals surface area contributed by atoms with Crippen LogP contribution in [0.1, 0.15) is 24.5 Å². The Bertz CT molecular complexity index is 568. The zero-order valence-corrected chi connectivity index (χ0v) is 11.4. The number of hydrogen-bond acceptors (Lipinski definition) is 5. The normalized spacial score (nSPS) is 21.9. The summed E-state index contributed by atoms with van der Waals surface area (Å²) in [4.78, 5) is 19.2. The van der Waals surface area contributed by atoms with E-state index in [4.69, 9.17) is 9.78 Å². The number of nitrogens with one attached hydrogen (secondary N) is 1. The first-order chi connectivity index (χ1) is 9.84. The molecular weight excluding hydrogens is 254 g/mol. The minimum atomic E-state index is -0.714. The van der Waals surface area contributed by atoms with Crippen molar-refractivity contribution in [2.75, 3.05) is 11.9 Å². The lowest BCUT2D eigenvalue weighted by Gasteiger charge is -2.29. The highest BCUT2D eigenvalue weighted by Gasteiger charge is 2.41. The molecule has 0 spiro atoms. The minimum Gasteiger partial charge on any atom is -0.320 e. The zero-order valence-electron chi connectivity index (χ0n) is 11.4. The average molecular weight is 271 g/mol. The molecule has 0 aliphatic carbocycles. The van der Waals surface area contributed by atoms with E-state index in [1.54, 1.807) is 18.5 Å². The van der Waals surface area contributed by atoms with Gasteiger partial charge < -0.3 is 5.32 Å². The number of hydrogen-bond donors (Lipinski definition) is 1. The second-order valence-electron chi connectivity index (χ2n) is 4.69. The lowest BCUT2D eigenvalue weighted by molar-refractivity contribution is -0.306. The van der Waals surface area contributed by atoms with Gasteiger partial charge in [-0.3, -0.25) is 0 Å². The molecule has 1 aromatic carbocycles. The lowest BCUT2D eigenvalue weighted by Crippen LogP contribution is -2.36. The van der Waals surface area contributed by atoms with Gasteiger partial charge in [-0.2, -0.15) is 0 Å². The van der Waals surface area contributed by atoms with Crippen LogP contribution in [0.3, 0.4) is 0 Å². The van der Waals surface area contributed by atoms with Crippen molar-refractivity contribution < 1.29 is 9.78 Å². The highest BCUT2D eigenvalue weighted by Crippen LogP contribution is 2.36. The van der Waals surface area contributed by atoms with E-state index in [0.29, 0.717) is 19.0 Å². The highest BCUT2D eigenvalue weighted by atomic mass is 17.2. The Morgan fingerprint density at radius 1 is 1.20 bits per heavy atom. The van der Waals surface area contributed by atoms with Gasteiger partial charge in [-0.1, -0.05) is 31.2 Å². The molecule has 1 N–H and O–H groups in total. The molecule has 1 fully saturated rings. The number of aryl methyl sites for hydroxylation is 1. The van der Waals surface area contributed by atoms with E-state index >= 15 is 0 Å².